The van der Waals surface area contributed by atoms with Crippen molar-refractivity contribution in [2.45, 2.75) is 31.3 Å². The standard InChI is InChI=1S/C19H23ClN4O3.ClH/c1-19(13-5-6-13)17(26)24(18(27)22-19)11-16(25)23-8-7-21-10-15(23)12-3-2-4-14(20)9-12;/h2-4,9,13,15,21H,5-8,10-11H2,1H3,(H,22,27);1H. The minimum absolute atomic E-state index is 0. The molecule has 2 aliphatic heterocycles. The van der Waals surface area contributed by atoms with Crippen LogP contribution in [0.25, 0.3) is 0 Å². The van der Waals surface area contributed by atoms with E-state index >= 15 is 0 Å². The third-order valence-electron chi connectivity index (χ3n) is 5.79. The van der Waals surface area contributed by atoms with Crippen molar-refractivity contribution in [3.8, 4) is 0 Å². The number of rotatable bonds is 4. The van der Waals surface area contributed by atoms with Gasteiger partial charge in [0.05, 0.1) is 6.04 Å². The molecule has 1 aromatic rings. The number of hydrogen-bond donors (Lipinski definition) is 2. The summed E-state index contributed by atoms with van der Waals surface area (Å²) in [5, 5.41) is 6.69. The lowest BCUT2D eigenvalue weighted by Crippen LogP contribution is -2.52. The highest BCUT2D eigenvalue weighted by Gasteiger charge is 2.56. The van der Waals surface area contributed by atoms with Gasteiger partial charge < -0.3 is 15.5 Å². The molecule has 2 heterocycles. The first-order valence-corrected chi connectivity index (χ1v) is 9.67. The summed E-state index contributed by atoms with van der Waals surface area (Å²) in [6.45, 7) is 3.31. The molecule has 1 aromatic carbocycles. The highest BCUT2D eigenvalue weighted by Crippen LogP contribution is 2.42. The fraction of sp³-hybridized carbons (Fsp3) is 0.526. The smallest absolute Gasteiger partial charge is 0.325 e. The van der Waals surface area contributed by atoms with Crippen molar-refractivity contribution in [2.24, 2.45) is 5.92 Å². The van der Waals surface area contributed by atoms with Crippen LogP contribution in [-0.2, 0) is 9.59 Å². The number of halogens is 2. The lowest BCUT2D eigenvalue weighted by molar-refractivity contribution is -0.141. The molecule has 152 valence electrons. The van der Waals surface area contributed by atoms with Crippen molar-refractivity contribution in [3.05, 3.63) is 34.9 Å². The summed E-state index contributed by atoms with van der Waals surface area (Å²) in [5.74, 6) is -0.352. The van der Waals surface area contributed by atoms with Gasteiger partial charge in [-0.05, 0) is 43.4 Å². The number of amides is 4. The molecule has 1 saturated carbocycles. The second-order valence-electron chi connectivity index (χ2n) is 7.66. The van der Waals surface area contributed by atoms with Crippen LogP contribution in [0.1, 0.15) is 31.4 Å². The Labute approximate surface area is 175 Å². The molecule has 0 aromatic heterocycles. The van der Waals surface area contributed by atoms with E-state index in [0.29, 0.717) is 24.7 Å². The molecule has 7 nitrogen and oxygen atoms in total. The van der Waals surface area contributed by atoms with Crippen LogP contribution >= 0.6 is 24.0 Å². The average Bonchev–Trinajstić information content (AvgIpc) is 3.48. The molecule has 0 spiro atoms. The first kappa shape index (κ1) is 20.9. The van der Waals surface area contributed by atoms with E-state index in [1.807, 2.05) is 18.2 Å². The first-order chi connectivity index (χ1) is 12.9. The number of nitrogens with one attached hydrogen (secondary N) is 2. The summed E-state index contributed by atoms with van der Waals surface area (Å²) in [6, 6.07) is 6.77. The monoisotopic (exact) mass is 426 g/mol. The number of hydrogen-bond acceptors (Lipinski definition) is 4. The SMILES string of the molecule is CC1(C2CC2)NC(=O)N(CC(=O)N2CCNCC2c2cccc(Cl)c2)C1=O.Cl. The van der Waals surface area contributed by atoms with Crippen LogP contribution in [0.3, 0.4) is 0 Å². The second-order valence-corrected chi connectivity index (χ2v) is 8.10. The largest absolute Gasteiger partial charge is 0.332 e. The molecule has 2 unspecified atom stereocenters. The van der Waals surface area contributed by atoms with E-state index in [1.54, 1.807) is 17.9 Å². The number of piperazine rings is 1. The van der Waals surface area contributed by atoms with E-state index < -0.39 is 11.6 Å². The van der Waals surface area contributed by atoms with E-state index in [-0.39, 0.29) is 42.7 Å². The van der Waals surface area contributed by atoms with Gasteiger partial charge in [-0.25, -0.2) is 4.79 Å². The number of urea groups is 1. The molecule has 0 bridgehead atoms. The zero-order valence-electron chi connectivity index (χ0n) is 15.6. The highest BCUT2D eigenvalue weighted by atomic mass is 35.5. The Morgan fingerprint density at radius 2 is 2.07 bits per heavy atom. The lowest BCUT2D eigenvalue weighted by Gasteiger charge is -2.37. The van der Waals surface area contributed by atoms with Gasteiger partial charge in [-0.2, -0.15) is 0 Å². The van der Waals surface area contributed by atoms with Gasteiger partial charge >= 0.3 is 6.03 Å². The predicted octanol–water partition coefficient (Wildman–Crippen LogP) is 1.96. The van der Waals surface area contributed by atoms with Gasteiger partial charge in [0.25, 0.3) is 5.91 Å². The van der Waals surface area contributed by atoms with Crippen molar-refractivity contribution in [3.63, 3.8) is 0 Å². The summed E-state index contributed by atoms with van der Waals surface area (Å²) in [5.41, 5.74) is 0.0655. The molecule has 3 aliphatic rings. The minimum atomic E-state index is -0.868. The van der Waals surface area contributed by atoms with Crippen molar-refractivity contribution in [2.75, 3.05) is 26.2 Å². The lowest BCUT2D eigenvalue weighted by atomic mass is 9.96. The summed E-state index contributed by atoms with van der Waals surface area (Å²) in [7, 11) is 0. The molecule has 4 rings (SSSR count). The van der Waals surface area contributed by atoms with Crippen molar-refractivity contribution < 1.29 is 14.4 Å². The van der Waals surface area contributed by atoms with Gasteiger partial charge in [-0.3, -0.25) is 14.5 Å². The Hall–Kier alpha value is -1.83. The normalized spacial score (nSPS) is 27.4. The summed E-state index contributed by atoms with van der Waals surface area (Å²) in [4.78, 5) is 40.9. The molecule has 3 fully saturated rings. The number of imide groups is 1. The highest BCUT2D eigenvalue weighted by molar-refractivity contribution is 6.30. The number of benzene rings is 1. The quantitative estimate of drug-likeness (QED) is 0.720. The predicted molar refractivity (Wildman–Crippen MR) is 107 cm³/mol. The Kier molecular flexibility index (Phi) is 5.89. The van der Waals surface area contributed by atoms with Gasteiger partial charge in [0.2, 0.25) is 5.91 Å². The Morgan fingerprint density at radius 1 is 1.32 bits per heavy atom. The van der Waals surface area contributed by atoms with Crippen LogP contribution in [0.5, 0.6) is 0 Å². The number of nitrogens with zero attached hydrogens (tertiary/aromatic N) is 2. The van der Waals surface area contributed by atoms with Crippen LogP contribution in [-0.4, -0.2) is 59.4 Å². The third kappa shape index (κ3) is 3.71. The van der Waals surface area contributed by atoms with E-state index in [9.17, 15) is 14.4 Å². The van der Waals surface area contributed by atoms with Crippen molar-refractivity contribution >= 4 is 41.9 Å². The molecule has 2 N–H and O–H groups in total. The zero-order valence-corrected chi connectivity index (χ0v) is 17.2. The molecule has 0 radical (unpaired) electrons. The van der Waals surface area contributed by atoms with Gasteiger partial charge in [-0.1, -0.05) is 23.7 Å². The minimum Gasteiger partial charge on any atom is -0.332 e. The van der Waals surface area contributed by atoms with Crippen LogP contribution < -0.4 is 10.6 Å². The van der Waals surface area contributed by atoms with Crippen LogP contribution in [0.15, 0.2) is 24.3 Å². The first-order valence-electron chi connectivity index (χ1n) is 9.30. The van der Waals surface area contributed by atoms with Gasteiger partial charge in [-0.15, -0.1) is 12.4 Å². The van der Waals surface area contributed by atoms with Gasteiger partial charge in [0, 0.05) is 24.7 Å². The molecular weight excluding hydrogens is 403 g/mol. The van der Waals surface area contributed by atoms with Gasteiger partial charge in [0.15, 0.2) is 0 Å². The van der Waals surface area contributed by atoms with E-state index in [0.717, 1.165) is 23.3 Å². The average molecular weight is 427 g/mol. The van der Waals surface area contributed by atoms with Crippen molar-refractivity contribution in [1.82, 2.24) is 20.4 Å². The summed E-state index contributed by atoms with van der Waals surface area (Å²) < 4.78 is 0. The zero-order chi connectivity index (χ0) is 19.2. The second kappa shape index (κ2) is 7.89. The van der Waals surface area contributed by atoms with E-state index in [1.165, 1.54) is 0 Å². The number of carbonyl (C=O) groups excluding carboxylic acids is 3. The van der Waals surface area contributed by atoms with E-state index in [4.69, 9.17) is 11.6 Å². The van der Waals surface area contributed by atoms with Crippen LogP contribution in [0, 0.1) is 5.92 Å². The molecule has 9 heteroatoms. The maximum atomic E-state index is 13.0. The molecular formula is C19H24Cl2N4O3. The van der Waals surface area contributed by atoms with E-state index in [2.05, 4.69) is 10.6 Å². The molecule has 1 aliphatic carbocycles. The summed E-state index contributed by atoms with van der Waals surface area (Å²) in [6.07, 6.45) is 1.86. The maximum absolute atomic E-state index is 13.0. The maximum Gasteiger partial charge on any atom is 0.325 e. The Bertz CT molecular complexity index is 801. The Balaban J connectivity index is 0.00000225. The van der Waals surface area contributed by atoms with Crippen LogP contribution in [0.4, 0.5) is 4.79 Å². The van der Waals surface area contributed by atoms with Crippen molar-refractivity contribution in [1.29, 1.82) is 0 Å². The molecule has 2 saturated heterocycles. The van der Waals surface area contributed by atoms with Gasteiger partial charge in [0.1, 0.15) is 12.1 Å². The fourth-order valence-electron chi connectivity index (χ4n) is 4.04. The molecule has 4 amide bonds. The van der Waals surface area contributed by atoms with Crippen LogP contribution in [0.2, 0.25) is 5.02 Å². The fourth-order valence-corrected chi connectivity index (χ4v) is 4.24. The Morgan fingerprint density at radius 3 is 2.75 bits per heavy atom. The number of carbonyl (C=O) groups is 3. The summed E-state index contributed by atoms with van der Waals surface area (Å²) >= 11 is 6.10. The topological polar surface area (TPSA) is 81.8 Å². The third-order valence-corrected chi connectivity index (χ3v) is 6.02. The molecule has 28 heavy (non-hydrogen) atoms. The molecule has 2 atom stereocenters.